The van der Waals surface area contributed by atoms with Crippen molar-refractivity contribution in [3.63, 3.8) is 0 Å². The van der Waals surface area contributed by atoms with Gasteiger partial charge in [0, 0.05) is 0 Å². The number of hydrogen-bond donors (Lipinski definition) is 1. The van der Waals surface area contributed by atoms with Crippen LogP contribution >= 0.6 is 0 Å². The van der Waals surface area contributed by atoms with E-state index < -0.39 is 0 Å². The van der Waals surface area contributed by atoms with Crippen LogP contribution in [0.25, 0.3) is 10.8 Å². The molecule has 0 fully saturated rings. The Morgan fingerprint density at radius 1 is 0.818 bits per heavy atom. The highest BCUT2D eigenvalue weighted by atomic mass is 16.5. The predicted molar refractivity (Wildman–Crippen MR) is 90.6 cm³/mol. The molecule has 0 saturated carbocycles. The number of aromatic hydroxyl groups is 1. The second kappa shape index (κ2) is 5.72. The largest absolute Gasteiger partial charge is 0.508 e. The third-order valence-electron chi connectivity index (χ3n) is 4.03. The Balaban J connectivity index is 1.84. The molecule has 3 aromatic carbocycles. The molecule has 0 aromatic heterocycles. The minimum atomic E-state index is 0.305. The maximum atomic E-state index is 9.60. The van der Waals surface area contributed by atoms with Gasteiger partial charge in [-0.1, -0.05) is 29.8 Å². The van der Waals surface area contributed by atoms with Crippen LogP contribution in [0.15, 0.2) is 48.5 Å². The lowest BCUT2D eigenvalue weighted by molar-refractivity contribution is 0.305. The molecule has 0 aliphatic rings. The third kappa shape index (κ3) is 2.91. The van der Waals surface area contributed by atoms with Gasteiger partial charge in [-0.05, 0) is 72.5 Å². The van der Waals surface area contributed by atoms with Crippen molar-refractivity contribution in [3.8, 4) is 11.5 Å². The second-order valence-electron chi connectivity index (χ2n) is 5.86. The topological polar surface area (TPSA) is 29.5 Å². The van der Waals surface area contributed by atoms with Crippen molar-refractivity contribution in [2.45, 2.75) is 27.4 Å². The summed E-state index contributed by atoms with van der Waals surface area (Å²) in [5, 5.41) is 12.0. The lowest BCUT2D eigenvalue weighted by Crippen LogP contribution is -2.00. The first-order valence-electron chi connectivity index (χ1n) is 7.45. The zero-order valence-corrected chi connectivity index (χ0v) is 13.2. The second-order valence-corrected chi connectivity index (χ2v) is 5.86. The normalized spacial score (nSPS) is 10.9. The first-order valence-corrected chi connectivity index (χ1v) is 7.45. The number of hydrogen-bond acceptors (Lipinski definition) is 2. The van der Waals surface area contributed by atoms with Crippen LogP contribution in [0.2, 0.25) is 0 Å². The van der Waals surface area contributed by atoms with Gasteiger partial charge in [0.05, 0.1) is 0 Å². The highest BCUT2D eigenvalue weighted by Crippen LogP contribution is 2.25. The van der Waals surface area contributed by atoms with Crippen molar-refractivity contribution < 1.29 is 9.84 Å². The van der Waals surface area contributed by atoms with E-state index in [4.69, 9.17) is 4.74 Å². The molecule has 0 heterocycles. The summed E-state index contributed by atoms with van der Waals surface area (Å²) in [6.45, 7) is 6.60. The molecule has 0 spiro atoms. The molecule has 0 atom stereocenters. The van der Waals surface area contributed by atoms with E-state index in [0.717, 1.165) is 22.4 Å². The maximum absolute atomic E-state index is 9.60. The molecule has 0 unspecified atom stereocenters. The first-order chi connectivity index (χ1) is 10.5. The Hall–Kier alpha value is -2.48. The average molecular weight is 292 g/mol. The molecule has 2 heteroatoms. The molecule has 0 bridgehead atoms. The van der Waals surface area contributed by atoms with E-state index in [-0.39, 0.29) is 0 Å². The molecule has 0 radical (unpaired) electrons. The van der Waals surface area contributed by atoms with Crippen molar-refractivity contribution in [1.82, 2.24) is 0 Å². The number of ether oxygens (including phenoxy) is 1. The Morgan fingerprint density at radius 3 is 2.18 bits per heavy atom. The molecule has 0 aliphatic carbocycles. The van der Waals surface area contributed by atoms with Crippen molar-refractivity contribution >= 4 is 10.8 Å². The molecule has 0 amide bonds. The molecule has 112 valence electrons. The summed E-state index contributed by atoms with van der Waals surface area (Å²) in [5.41, 5.74) is 4.49. The fraction of sp³-hybridized carbons (Fsp3) is 0.200. The van der Waals surface area contributed by atoms with Gasteiger partial charge < -0.3 is 9.84 Å². The predicted octanol–water partition coefficient (Wildman–Crippen LogP) is 5.05. The van der Waals surface area contributed by atoms with E-state index in [2.05, 4.69) is 37.3 Å². The zero-order chi connectivity index (χ0) is 15.7. The van der Waals surface area contributed by atoms with Crippen molar-refractivity contribution in [2.75, 3.05) is 0 Å². The summed E-state index contributed by atoms with van der Waals surface area (Å²) in [6, 6.07) is 16.1. The summed E-state index contributed by atoms with van der Waals surface area (Å²) >= 11 is 0. The molecule has 2 nitrogen and oxygen atoms in total. The van der Waals surface area contributed by atoms with Gasteiger partial charge in [-0.25, -0.2) is 0 Å². The van der Waals surface area contributed by atoms with Gasteiger partial charge in [-0.2, -0.15) is 0 Å². The van der Waals surface area contributed by atoms with Crippen LogP contribution in [0.5, 0.6) is 11.5 Å². The molecular weight excluding hydrogens is 272 g/mol. The summed E-state index contributed by atoms with van der Waals surface area (Å²) < 4.78 is 5.95. The number of benzene rings is 3. The Morgan fingerprint density at radius 2 is 1.45 bits per heavy atom. The van der Waals surface area contributed by atoms with E-state index in [1.54, 1.807) is 12.1 Å². The van der Waals surface area contributed by atoms with Crippen LogP contribution in [0, 0.1) is 20.8 Å². The number of phenolic OH excluding ortho intramolecular Hbond substituents is 1. The van der Waals surface area contributed by atoms with Crippen LogP contribution in [-0.4, -0.2) is 5.11 Å². The van der Waals surface area contributed by atoms with Crippen LogP contribution < -0.4 is 4.74 Å². The maximum Gasteiger partial charge on any atom is 0.120 e. The van der Waals surface area contributed by atoms with Crippen molar-refractivity contribution in [3.05, 3.63) is 70.8 Å². The SMILES string of the molecule is Cc1ccc2cc(OCc3c(C)cc(O)cc3C)ccc2c1. The Labute approximate surface area is 131 Å². The highest BCUT2D eigenvalue weighted by Gasteiger charge is 2.06. The van der Waals surface area contributed by atoms with E-state index in [0.29, 0.717) is 12.4 Å². The van der Waals surface area contributed by atoms with Crippen LogP contribution in [0.3, 0.4) is 0 Å². The monoisotopic (exact) mass is 292 g/mol. The van der Waals surface area contributed by atoms with Crippen molar-refractivity contribution in [2.24, 2.45) is 0 Å². The lowest BCUT2D eigenvalue weighted by atomic mass is 10.0. The summed E-state index contributed by atoms with van der Waals surface area (Å²) in [4.78, 5) is 0. The number of rotatable bonds is 3. The van der Waals surface area contributed by atoms with Gasteiger partial charge in [-0.15, -0.1) is 0 Å². The van der Waals surface area contributed by atoms with E-state index in [9.17, 15) is 5.11 Å². The quantitative estimate of drug-likeness (QED) is 0.732. The Kier molecular flexibility index (Phi) is 3.76. The molecule has 3 aromatic rings. The number of aryl methyl sites for hydroxylation is 3. The lowest BCUT2D eigenvalue weighted by Gasteiger charge is -2.13. The molecule has 1 N–H and O–H groups in total. The van der Waals surface area contributed by atoms with Gasteiger partial charge in [0.1, 0.15) is 18.1 Å². The molecule has 0 aliphatic heterocycles. The number of phenols is 1. The van der Waals surface area contributed by atoms with Crippen molar-refractivity contribution in [1.29, 1.82) is 0 Å². The third-order valence-corrected chi connectivity index (χ3v) is 4.03. The molecule has 0 saturated heterocycles. The van der Waals surface area contributed by atoms with Crippen LogP contribution in [0.4, 0.5) is 0 Å². The van der Waals surface area contributed by atoms with Gasteiger partial charge in [0.25, 0.3) is 0 Å². The molecule has 22 heavy (non-hydrogen) atoms. The van der Waals surface area contributed by atoms with Gasteiger partial charge in [-0.3, -0.25) is 0 Å². The van der Waals surface area contributed by atoms with Gasteiger partial charge >= 0.3 is 0 Å². The Bertz CT molecular complexity index is 811. The summed E-state index contributed by atoms with van der Waals surface area (Å²) in [6.07, 6.45) is 0. The molecular formula is C20H20O2. The smallest absolute Gasteiger partial charge is 0.120 e. The van der Waals surface area contributed by atoms with Crippen LogP contribution in [0.1, 0.15) is 22.3 Å². The fourth-order valence-corrected chi connectivity index (χ4v) is 2.79. The standard InChI is InChI=1S/C20H20O2/c1-13-4-5-17-11-19(7-6-16(17)8-13)22-12-20-14(2)9-18(21)10-15(20)3/h4-11,21H,12H2,1-3H3. The van der Waals surface area contributed by atoms with Gasteiger partial charge in [0.15, 0.2) is 0 Å². The van der Waals surface area contributed by atoms with E-state index >= 15 is 0 Å². The summed E-state index contributed by atoms with van der Waals surface area (Å²) in [7, 11) is 0. The van der Waals surface area contributed by atoms with Crippen LogP contribution in [-0.2, 0) is 6.61 Å². The molecule has 3 rings (SSSR count). The summed E-state index contributed by atoms with van der Waals surface area (Å²) in [5.74, 6) is 1.17. The fourth-order valence-electron chi connectivity index (χ4n) is 2.79. The highest BCUT2D eigenvalue weighted by molar-refractivity contribution is 5.84. The first kappa shape index (κ1) is 14.5. The minimum absolute atomic E-state index is 0.305. The average Bonchev–Trinajstić information content (AvgIpc) is 2.46. The van der Waals surface area contributed by atoms with E-state index in [1.807, 2.05) is 19.9 Å². The van der Waals surface area contributed by atoms with Gasteiger partial charge in [0.2, 0.25) is 0 Å². The number of fused-ring (bicyclic) bond motifs is 1. The minimum Gasteiger partial charge on any atom is -0.508 e. The zero-order valence-electron chi connectivity index (χ0n) is 13.2. The van der Waals surface area contributed by atoms with E-state index in [1.165, 1.54) is 16.3 Å².